The molecule has 2 aliphatic rings. The van der Waals surface area contributed by atoms with E-state index < -0.39 is 0 Å². The number of hydrogen-bond donors (Lipinski definition) is 0. The van der Waals surface area contributed by atoms with Crippen LogP contribution in [0.2, 0.25) is 0 Å². The number of ether oxygens (including phenoxy) is 3. The molecule has 1 fully saturated rings. The van der Waals surface area contributed by atoms with Gasteiger partial charge in [0.05, 0.1) is 38.4 Å². The lowest BCUT2D eigenvalue weighted by atomic mass is 9.99. The lowest BCUT2D eigenvalue weighted by molar-refractivity contribution is -0.131. The van der Waals surface area contributed by atoms with Crippen LogP contribution in [-0.4, -0.2) is 54.6 Å². The SMILES string of the molecule is COc1cccc(CC(=O)N2CCc3nc(N4CCC(C)CC4)nc(Oc4cccc(OC)c4)c3C2)c1. The Hall–Kier alpha value is -3.81. The maximum atomic E-state index is 13.3. The van der Waals surface area contributed by atoms with Gasteiger partial charge in [0.2, 0.25) is 17.7 Å². The third kappa shape index (κ3) is 5.79. The van der Waals surface area contributed by atoms with Gasteiger partial charge in [-0.2, -0.15) is 4.98 Å². The molecule has 0 radical (unpaired) electrons. The Morgan fingerprint density at radius 3 is 2.41 bits per heavy atom. The van der Waals surface area contributed by atoms with Gasteiger partial charge in [-0.3, -0.25) is 4.79 Å². The number of anilines is 1. The molecule has 0 aliphatic carbocycles. The van der Waals surface area contributed by atoms with Crippen LogP contribution in [0.25, 0.3) is 0 Å². The van der Waals surface area contributed by atoms with Crippen molar-refractivity contribution in [3.63, 3.8) is 0 Å². The number of hydrogen-bond acceptors (Lipinski definition) is 7. The fourth-order valence-electron chi connectivity index (χ4n) is 4.86. The second-order valence-corrected chi connectivity index (χ2v) is 9.80. The third-order valence-electron chi connectivity index (χ3n) is 7.17. The van der Waals surface area contributed by atoms with Crippen molar-refractivity contribution in [1.82, 2.24) is 14.9 Å². The quantitative estimate of drug-likeness (QED) is 0.465. The number of carbonyl (C=O) groups excluding carboxylic acids is 1. The van der Waals surface area contributed by atoms with Crippen LogP contribution in [0.4, 0.5) is 5.95 Å². The maximum absolute atomic E-state index is 13.3. The summed E-state index contributed by atoms with van der Waals surface area (Å²) in [5.41, 5.74) is 2.74. The molecule has 8 heteroatoms. The van der Waals surface area contributed by atoms with E-state index in [1.165, 1.54) is 0 Å². The van der Waals surface area contributed by atoms with E-state index in [2.05, 4.69) is 11.8 Å². The Balaban J connectivity index is 1.42. The number of nitrogens with zero attached hydrogens (tertiary/aromatic N) is 4. The van der Waals surface area contributed by atoms with Crippen molar-refractivity contribution in [2.24, 2.45) is 5.92 Å². The van der Waals surface area contributed by atoms with E-state index in [1.54, 1.807) is 14.2 Å². The number of rotatable bonds is 7. The first kappa shape index (κ1) is 24.9. The van der Waals surface area contributed by atoms with Gasteiger partial charge in [-0.1, -0.05) is 25.1 Å². The average Bonchev–Trinajstić information content (AvgIpc) is 2.93. The first-order valence-corrected chi connectivity index (χ1v) is 12.9. The summed E-state index contributed by atoms with van der Waals surface area (Å²) in [4.78, 5) is 27.2. The number of benzene rings is 2. The van der Waals surface area contributed by atoms with E-state index in [0.717, 1.165) is 48.5 Å². The number of aromatic nitrogens is 2. The first-order valence-electron chi connectivity index (χ1n) is 12.9. The normalized spacial score (nSPS) is 15.8. The zero-order valence-corrected chi connectivity index (χ0v) is 21.8. The maximum Gasteiger partial charge on any atom is 0.229 e. The van der Waals surface area contributed by atoms with Crippen molar-refractivity contribution in [3.8, 4) is 23.1 Å². The van der Waals surface area contributed by atoms with Gasteiger partial charge >= 0.3 is 0 Å². The number of amides is 1. The average molecular weight is 503 g/mol. The van der Waals surface area contributed by atoms with Gasteiger partial charge in [-0.25, -0.2) is 4.98 Å². The van der Waals surface area contributed by atoms with Gasteiger partial charge in [0.15, 0.2) is 0 Å². The van der Waals surface area contributed by atoms with Gasteiger partial charge in [0, 0.05) is 32.1 Å². The van der Waals surface area contributed by atoms with E-state index in [-0.39, 0.29) is 5.91 Å². The molecule has 1 amide bonds. The topological polar surface area (TPSA) is 77.0 Å². The highest BCUT2D eigenvalue weighted by atomic mass is 16.5. The van der Waals surface area contributed by atoms with Crippen molar-refractivity contribution in [3.05, 3.63) is 65.4 Å². The fraction of sp³-hybridized carbons (Fsp3) is 0.414. The van der Waals surface area contributed by atoms with Gasteiger partial charge < -0.3 is 24.0 Å². The highest BCUT2D eigenvalue weighted by Crippen LogP contribution is 2.33. The molecular weight excluding hydrogens is 468 g/mol. The van der Waals surface area contributed by atoms with E-state index in [9.17, 15) is 4.79 Å². The molecule has 3 heterocycles. The summed E-state index contributed by atoms with van der Waals surface area (Å²) >= 11 is 0. The summed E-state index contributed by atoms with van der Waals surface area (Å²) in [5, 5.41) is 0. The predicted octanol–water partition coefficient (Wildman–Crippen LogP) is 4.65. The van der Waals surface area contributed by atoms with Gasteiger partial charge in [-0.15, -0.1) is 0 Å². The molecule has 2 aliphatic heterocycles. The summed E-state index contributed by atoms with van der Waals surface area (Å²) in [6, 6.07) is 15.1. The largest absolute Gasteiger partial charge is 0.497 e. The van der Waals surface area contributed by atoms with Crippen molar-refractivity contribution < 1.29 is 19.0 Å². The molecule has 0 unspecified atom stereocenters. The van der Waals surface area contributed by atoms with Crippen molar-refractivity contribution in [2.75, 3.05) is 38.8 Å². The van der Waals surface area contributed by atoms with Crippen LogP contribution in [0, 0.1) is 5.92 Å². The fourth-order valence-corrected chi connectivity index (χ4v) is 4.86. The van der Waals surface area contributed by atoms with Crippen LogP contribution < -0.4 is 19.1 Å². The zero-order chi connectivity index (χ0) is 25.8. The molecule has 8 nitrogen and oxygen atoms in total. The smallest absolute Gasteiger partial charge is 0.229 e. The molecule has 0 saturated carbocycles. The number of fused-ring (bicyclic) bond motifs is 1. The van der Waals surface area contributed by atoms with Gasteiger partial charge in [0.25, 0.3) is 0 Å². The summed E-state index contributed by atoms with van der Waals surface area (Å²) in [7, 11) is 3.26. The molecule has 3 aromatic rings. The van der Waals surface area contributed by atoms with Crippen LogP contribution in [0.1, 0.15) is 36.6 Å². The minimum Gasteiger partial charge on any atom is -0.497 e. The molecule has 5 rings (SSSR count). The van der Waals surface area contributed by atoms with E-state index in [4.69, 9.17) is 24.2 Å². The monoisotopic (exact) mass is 502 g/mol. The minimum absolute atomic E-state index is 0.0559. The summed E-state index contributed by atoms with van der Waals surface area (Å²) < 4.78 is 17.0. The number of piperidine rings is 1. The van der Waals surface area contributed by atoms with Crippen LogP contribution >= 0.6 is 0 Å². The molecular formula is C29H34N4O4. The predicted molar refractivity (Wildman–Crippen MR) is 142 cm³/mol. The molecule has 0 atom stereocenters. The first-order chi connectivity index (χ1) is 18.0. The van der Waals surface area contributed by atoms with E-state index in [1.807, 2.05) is 53.4 Å². The third-order valence-corrected chi connectivity index (χ3v) is 7.17. The van der Waals surface area contributed by atoms with Crippen LogP contribution in [0.3, 0.4) is 0 Å². The second kappa shape index (κ2) is 11.1. The molecule has 37 heavy (non-hydrogen) atoms. The van der Waals surface area contributed by atoms with E-state index >= 15 is 0 Å². The minimum atomic E-state index is 0.0559. The van der Waals surface area contributed by atoms with Gasteiger partial charge in [0.1, 0.15) is 17.2 Å². The highest BCUT2D eigenvalue weighted by Gasteiger charge is 2.28. The van der Waals surface area contributed by atoms with Crippen LogP contribution in [0.15, 0.2) is 48.5 Å². The number of methoxy groups -OCH3 is 2. The molecule has 2 aromatic carbocycles. The summed E-state index contributed by atoms with van der Waals surface area (Å²) in [6.07, 6.45) is 3.22. The lowest BCUT2D eigenvalue weighted by Gasteiger charge is -2.33. The Bertz CT molecular complexity index is 1260. The van der Waals surface area contributed by atoms with Crippen molar-refractivity contribution in [2.45, 2.75) is 39.2 Å². The Labute approximate surface area is 218 Å². The highest BCUT2D eigenvalue weighted by molar-refractivity contribution is 5.79. The molecule has 0 N–H and O–H groups in total. The Morgan fingerprint density at radius 2 is 1.65 bits per heavy atom. The van der Waals surface area contributed by atoms with Crippen LogP contribution in [-0.2, 0) is 24.2 Å². The molecule has 194 valence electrons. The number of carbonyl (C=O) groups is 1. The molecule has 1 saturated heterocycles. The zero-order valence-electron chi connectivity index (χ0n) is 21.8. The lowest BCUT2D eigenvalue weighted by Crippen LogP contribution is -2.39. The van der Waals surface area contributed by atoms with Gasteiger partial charge in [-0.05, 0) is 48.6 Å². The summed E-state index contributed by atoms with van der Waals surface area (Å²) in [5.74, 6) is 4.08. The Morgan fingerprint density at radius 1 is 0.946 bits per heavy atom. The van der Waals surface area contributed by atoms with Crippen molar-refractivity contribution >= 4 is 11.9 Å². The Kier molecular flexibility index (Phi) is 7.44. The molecule has 1 aromatic heterocycles. The molecule has 0 spiro atoms. The molecule has 0 bridgehead atoms. The van der Waals surface area contributed by atoms with E-state index in [0.29, 0.717) is 55.2 Å². The van der Waals surface area contributed by atoms with Crippen molar-refractivity contribution in [1.29, 1.82) is 0 Å². The van der Waals surface area contributed by atoms with Crippen LogP contribution in [0.5, 0.6) is 23.1 Å². The standard InChI is InChI=1S/C29H34N4O4/c1-20-10-13-32(14-11-20)29-30-26-12-15-33(27(34)17-21-6-4-7-22(16-21)35-2)19-25(26)28(31-29)37-24-9-5-8-23(18-24)36-3/h4-9,16,18,20H,10-15,17,19H2,1-3H3. The second-order valence-electron chi connectivity index (χ2n) is 9.80. The summed E-state index contributed by atoms with van der Waals surface area (Å²) in [6.45, 7) is 5.18.